The highest BCUT2D eigenvalue weighted by atomic mass is 79.9. The zero-order valence-corrected chi connectivity index (χ0v) is 10.9. The van der Waals surface area contributed by atoms with E-state index in [0.29, 0.717) is 24.7 Å². The molecule has 1 aromatic rings. The van der Waals surface area contributed by atoms with Crippen molar-refractivity contribution >= 4 is 27.5 Å². The highest BCUT2D eigenvalue weighted by Crippen LogP contribution is 2.24. The molecule has 0 spiro atoms. The van der Waals surface area contributed by atoms with Crippen LogP contribution in [-0.4, -0.2) is 40.4 Å². The number of hydrogen-bond acceptors (Lipinski definition) is 3. The van der Waals surface area contributed by atoms with Crippen LogP contribution in [0.1, 0.15) is 5.56 Å². The second-order valence-electron chi connectivity index (χ2n) is 4.06. The Labute approximate surface area is 108 Å². The molecule has 0 bridgehead atoms. The molecule has 5 heteroatoms. The molecule has 1 aliphatic heterocycles. The van der Waals surface area contributed by atoms with Crippen molar-refractivity contribution in [3.05, 3.63) is 33.3 Å². The molecule has 0 amide bonds. The van der Waals surface area contributed by atoms with Gasteiger partial charge in [-0.05, 0) is 17.7 Å². The van der Waals surface area contributed by atoms with E-state index in [-0.39, 0.29) is 0 Å². The standard InChI is InChI=1S/C11H13BrClNO2/c12-8-2-1-7(9(13)3-8)4-14-5-10(15)11(16)6-14/h1-3,10-11,15-16H,4-6H2/t10-,11+. The van der Waals surface area contributed by atoms with Gasteiger partial charge in [-0.3, -0.25) is 4.90 Å². The van der Waals surface area contributed by atoms with Crippen LogP contribution in [0.4, 0.5) is 0 Å². The van der Waals surface area contributed by atoms with Crippen LogP contribution in [0.2, 0.25) is 5.02 Å². The molecule has 2 rings (SSSR count). The Bertz CT molecular complexity index is 378. The van der Waals surface area contributed by atoms with Crippen molar-refractivity contribution in [2.45, 2.75) is 18.8 Å². The summed E-state index contributed by atoms with van der Waals surface area (Å²) < 4.78 is 0.947. The molecule has 1 heterocycles. The summed E-state index contributed by atoms with van der Waals surface area (Å²) in [5.74, 6) is 0. The van der Waals surface area contributed by atoms with Crippen LogP contribution in [-0.2, 0) is 6.54 Å². The Morgan fingerprint density at radius 2 is 1.94 bits per heavy atom. The molecule has 2 atom stereocenters. The molecule has 1 saturated heterocycles. The normalized spacial score (nSPS) is 26.2. The van der Waals surface area contributed by atoms with E-state index >= 15 is 0 Å². The third-order valence-corrected chi connectivity index (χ3v) is 3.59. The summed E-state index contributed by atoms with van der Waals surface area (Å²) in [4.78, 5) is 1.99. The topological polar surface area (TPSA) is 43.7 Å². The van der Waals surface area contributed by atoms with Crippen LogP contribution in [0.15, 0.2) is 22.7 Å². The van der Waals surface area contributed by atoms with E-state index in [9.17, 15) is 10.2 Å². The van der Waals surface area contributed by atoms with Crippen LogP contribution in [0.3, 0.4) is 0 Å². The van der Waals surface area contributed by atoms with E-state index in [1.54, 1.807) is 0 Å². The zero-order chi connectivity index (χ0) is 11.7. The quantitative estimate of drug-likeness (QED) is 0.873. The van der Waals surface area contributed by atoms with Crippen LogP contribution in [0.5, 0.6) is 0 Å². The highest BCUT2D eigenvalue weighted by molar-refractivity contribution is 9.10. The fraction of sp³-hybridized carbons (Fsp3) is 0.455. The van der Waals surface area contributed by atoms with Crippen molar-refractivity contribution in [1.29, 1.82) is 0 Å². The van der Waals surface area contributed by atoms with Crippen LogP contribution in [0.25, 0.3) is 0 Å². The lowest BCUT2D eigenvalue weighted by Gasteiger charge is -2.15. The summed E-state index contributed by atoms with van der Waals surface area (Å²) in [5, 5.41) is 19.6. The predicted octanol–water partition coefficient (Wildman–Crippen LogP) is 1.64. The molecule has 1 fully saturated rings. The summed E-state index contributed by atoms with van der Waals surface area (Å²) >= 11 is 9.45. The van der Waals surface area contributed by atoms with Crippen molar-refractivity contribution in [3.8, 4) is 0 Å². The average molecular weight is 307 g/mol. The molecular formula is C11H13BrClNO2. The fourth-order valence-corrected chi connectivity index (χ4v) is 2.60. The lowest BCUT2D eigenvalue weighted by Crippen LogP contribution is -2.22. The smallest absolute Gasteiger partial charge is 0.0938 e. The molecule has 1 aromatic carbocycles. The van der Waals surface area contributed by atoms with Gasteiger partial charge in [0.2, 0.25) is 0 Å². The molecular weight excluding hydrogens is 293 g/mol. The minimum absolute atomic E-state index is 0.494. The number of rotatable bonds is 2. The van der Waals surface area contributed by atoms with Crippen molar-refractivity contribution < 1.29 is 10.2 Å². The molecule has 16 heavy (non-hydrogen) atoms. The molecule has 0 aromatic heterocycles. The summed E-state index contributed by atoms with van der Waals surface area (Å²) in [5.41, 5.74) is 1.01. The maximum Gasteiger partial charge on any atom is 0.0938 e. The number of hydrogen-bond donors (Lipinski definition) is 2. The highest BCUT2D eigenvalue weighted by Gasteiger charge is 2.29. The Morgan fingerprint density at radius 3 is 2.50 bits per heavy atom. The van der Waals surface area contributed by atoms with Gasteiger partial charge in [-0.2, -0.15) is 0 Å². The first-order chi connectivity index (χ1) is 7.56. The molecule has 0 radical (unpaired) electrons. The Morgan fingerprint density at radius 1 is 1.31 bits per heavy atom. The lowest BCUT2D eigenvalue weighted by molar-refractivity contribution is 0.0572. The van der Waals surface area contributed by atoms with Gasteiger partial charge in [0, 0.05) is 29.1 Å². The Hall–Kier alpha value is -0.130. The van der Waals surface area contributed by atoms with Crippen LogP contribution in [0, 0.1) is 0 Å². The Balaban J connectivity index is 2.05. The van der Waals surface area contributed by atoms with Crippen LogP contribution >= 0.6 is 27.5 Å². The first kappa shape index (κ1) is 12.3. The first-order valence-corrected chi connectivity index (χ1v) is 6.26. The molecule has 3 nitrogen and oxygen atoms in total. The maximum absolute atomic E-state index is 9.43. The molecule has 2 N–H and O–H groups in total. The second-order valence-corrected chi connectivity index (χ2v) is 5.39. The fourth-order valence-electron chi connectivity index (χ4n) is 1.87. The minimum atomic E-state index is -0.644. The van der Waals surface area contributed by atoms with E-state index in [0.717, 1.165) is 10.0 Å². The molecule has 0 unspecified atom stereocenters. The van der Waals surface area contributed by atoms with E-state index < -0.39 is 12.2 Å². The van der Waals surface area contributed by atoms with Gasteiger partial charge in [-0.25, -0.2) is 0 Å². The van der Waals surface area contributed by atoms with Crippen molar-refractivity contribution in [2.75, 3.05) is 13.1 Å². The van der Waals surface area contributed by atoms with Gasteiger partial charge in [-0.15, -0.1) is 0 Å². The molecule has 88 valence electrons. The number of nitrogens with zero attached hydrogens (tertiary/aromatic N) is 1. The average Bonchev–Trinajstić information content (AvgIpc) is 2.51. The second kappa shape index (κ2) is 5.02. The van der Waals surface area contributed by atoms with Gasteiger partial charge in [0.05, 0.1) is 12.2 Å². The van der Waals surface area contributed by atoms with Gasteiger partial charge in [-0.1, -0.05) is 33.6 Å². The lowest BCUT2D eigenvalue weighted by atomic mass is 10.2. The maximum atomic E-state index is 9.43. The van der Waals surface area contributed by atoms with Gasteiger partial charge >= 0.3 is 0 Å². The minimum Gasteiger partial charge on any atom is -0.389 e. The number of β-amino-alcohol motifs (C(OH)–C–C–N with tert-alkyl or cyclic N) is 2. The van der Waals surface area contributed by atoms with Gasteiger partial charge < -0.3 is 10.2 Å². The molecule has 1 aliphatic rings. The Kier molecular flexibility index (Phi) is 3.87. The van der Waals surface area contributed by atoms with Gasteiger partial charge in [0.15, 0.2) is 0 Å². The van der Waals surface area contributed by atoms with E-state index in [2.05, 4.69) is 15.9 Å². The number of likely N-dealkylation sites (tertiary alicyclic amines) is 1. The summed E-state index contributed by atoms with van der Waals surface area (Å²) in [7, 11) is 0. The number of benzene rings is 1. The molecule has 0 aliphatic carbocycles. The van der Waals surface area contributed by atoms with Crippen molar-refractivity contribution in [2.24, 2.45) is 0 Å². The number of halogens is 2. The van der Waals surface area contributed by atoms with E-state index in [1.807, 2.05) is 23.1 Å². The largest absolute Gasteiger partial charge is 0.389 e. The summed E-state index contributed by atoms with van der Waals surface area (Å²) in [6.07, 6.45) is -1.29. The van der Waals surface area contributed by atoms with Crippen molar-refractivity contribution in [1.82, 2.24) is 4.90 Å². The third kappa shape index (κ3) is 2.76. The SMILES string of the molecule is O[C@@H]1CN(Cc2ccc(Br)cc2Cl)C[C@@H]1O. The zero-order valence-electron chi connectivity index (χ0n) is 8.61. The van der Waals surface area contributed by atoms with E-state index in [1.165, 1.54) is 0 Å². The number of aliphatic hydroxyl groups excluding tert-OH is 2. The third-order valence-electron chi connectivity index (χ3n) is 2.74. The number of aliphatic hydroxyl groups is 2. The molecule has 0 saturated carbocycles. The van der Waals surface area contributed by atoms with Gasteiger partial charge in [0.1, 0.15) is 0 Å². The monoisotopic (exact) mass is 305 g/mol. The van der Waals surface area contributed by atoms with Crippen LogP contribution < -0.4 is 0 Å². The summed E-state index contributed by atoms with van der Waals surface area (Å²) in [6, 6.07) is 5.73. The van der Waals surface area contributed by atoms with Gasteiger partial charge in [0.25, 0.3) is 0 Å². The van der Waals surface area contributed by atoms with E-state index in [4.69, 9.17) is 11.6 Å². The predicted molar refractivity (Wildman–Crippen MR) is 66.4 cm³/mol. The van der Waals surface area contributed by atoms with Crippen molar-refractivity contribution in [3.63, 3.8) is 0 Å². The first-order valence-electron chi connectivity index (χ1n) is 5.08. The summed E-state index contributed by atoms with van der Waals surface area (Å²) in [6.45, 7) is 1.64.